The zero-order valence-corrected chi connectivity index (χ0v) is 13.8. The molecule has 0 N–H and O–H groups in total. The van der Waals surface area contributed by atoms with Crippen LogP contribution in [-0.4, -0.2) is 51.7 Å². The molecule has 1 atom stereocenters. The Kier molecular flexibility index (Phi) is 4.64. The Balaban J connectivity index is 2.43. The molecule has 1 unspecified atom stereocenters. The van der Waals surface area contributed by atoms with Gasteiger partial charge in [0, 0.05) is 13.1 Å². The van der Waals surface area contributed by atoms with Gasteiger partial charge < -0.3 is 4.90 Å². The van der Waals surface area contributed by atoms with Crippen LogP contribution in [0.3, 0.4) is 0 Å². The lowest BCUT2D eigenvalue weighted by Crippen LogP contribution is -2.64. The molecule has 2 heterocycles. The number of hydrogen-bond acceptors (Lipinski definition) is 5. The SMILES string of the molecule is CC(C)N1CN(c2cnc(Cl)s2)C(=N[N+](=O)[O-])N(C)C1C. The summed E-state index contributed by atoms with van der Waals surface area (Å²) in [5, 5.41) is 14.4. The molecule has 21 heavy (non-hydrogen) atoms. The van der Waals surface area contributed by atoms with Crippen molar-refractivity contribution in [2.75, 3.05) is 18.6 Å². The lowest BCUT2D eigenvalue weighted by atomic mass is 10.2. The van der Waals surface area contributed by atoms with Gasteiger partial charge in [0.2, 0.25) is 0 Å². The minimum absolute atomic E-state index is 0.00310. The number of nitrogens with zero attached hydrogens (tertiary/aromatic N) is 6. The first-order valence-corrected chi connectivity index (χ1v) is 7.61. The second kappa shape index (κ2) is 6.12. The minimum Gasteiger partial charge on any atom is -0.325 e. The molecule has 0 aromatic carbocycles. The van der Waals surface area contributed by atoms with Crippen LogP contribution in [0.15, 0.2) is 11.3 Å². The molecule has 116 valence electrons. The Morgan fingerprint density at radius 3 is 2.76 bits per heavy atom. The van der Waals surface area contributed by atoms with Crippen molar-refractivity contribution in [2.24, 2.45) is 5.10 Å². The van der Waals surface area contributed by atoms with Crippen molar-refractivity contribution >= 4 is 33.9 Å². The van der Waals surface area contributed by atoms with Crippen molar-refractivity contribution in [3.05, 3.63) is 20.8 Å². The van der Waals surface area contributed by atoms with Crippen LogP contribution in [0.2, 0.25) is 4.47 Å². The number of halogens is 1. The first kappa shape index (κ1) is 15.9. The number of nitro groups is 1. The van der Waals surface area contributed by atoms with Gasteiger partial charge in [0.25, 0.3) is 5.96 Å². The smallest absolute Gasteiger partial charge is 0.281 e. The first-order chi connectivity index (χ1) is 9.81. The van der Waals surface area contributed by atoms with Crippen LogP contribution < -0.4 is 4.90 Å². The van der Waals surface area contributed by atoms with E-state index in [-0.39, 0.29) is 18.2 Å². The highest BCUT2D eigenvalue weighted by Crippen LogP contribution is 2.31. The van der Waals surface area contributed by atoms with E-state index in [0.717, 1.165) is 5.00 Å². The maximum Gasteiger partial charge on any atom is 0.281 e. The van der Waals surface area contributed by atoms with E-state index in [9.17, 15) is 10.1 Å². The standard InChI is InChI=1S/C11H17ClN6O2S/c1-7(2)16-6-17(9-5-13-10(12)21-9)11(14-18(19)20)15(4)8(16)3/h5,7-8H,6H2,1-4H3. The summed E-state index contributed by atoms with van der Waals surface area (Å²) < 4.78 is 0.392. The highest BCUT2D eigenvalue weighted by atomic mass is 35.5. The van der Waals surface area contributed by atoms with Gasteiger partial charge in [0.15, 0.2) is 9.50 Å². The molecular weight excluding hydrogens is 316 g/mol. The van der Waals surface area contributed by atoms with Gasteiger partial charge in [-0.15, -0.1) is 0 Å². The third-order valence-electron chi connectivity index (χ3n) is 3.47. The maximum atomic E-state index is 10.8. The number of rotatable bonds is 3. The van der Waals surface area contributed by atoms with Gasteiger partial charge in [0.1, 0.15) is 10.1 Å². The Hall–Kier alpha value is -1.45. The quantitative estimate of drug-likeness (QED) is 0.623. The minimum atomic E-state index is -0.681. The summed E-state index contributed by atoms with van der Waals surface area (Å²) in [5.41, 5.74) is 0. The molecule has 0 bridgehead atoms. The van der Waals surface area contributed by atoms with E-state index >= 15 is 0 Å². The average molecular weight is 333 g/mol. The van der Waals surface area contributed by atoms with Gasteiger partial charge in [-0.1, -0.05) is 22.9 Å². The lowest BCUT2D eigenvalue weighted by molar-refractivity contribution is -0.486. The molecule has 8 nitrogen and oxygen atoms in total. The predicted octanol–water partition coefficient (Wildman–Crippen LogP) is 2.11. The number of hydrogen-bond donors (Lipinski definition) is 0. The first-order valence-electron chi connectivity index (χ1n) is 6.41. The summed E-state index contributed by atoms with van der Waals surface area (Å²) in [7, 11) is 1.79. The molecule has 1 saturated heterocycles. The molecule has 1 aliphatic heterocycles. The van der Waals surface area contributed by atoms with Crippen molar-refractivity contribution in [1.82, 2.24) is 14.8 Å². The number of aromatic nitrogens is 1. The van der Waals surface area contributed by atoms with Crippen LogP contribution in [0.4, 0.5) is 5.00 Å². The number of hydrazone groups is 1. The Labute approximate surface area is 131 Å². The highest BCUT2D eigenvalue weighted by molar-refractivity contribution is 7.19. The monoisotopic (exact) mass is 332 g/mol. The lowest BCUT2D eigenvalue weighted by Gasteiger charge is -2.47. The normalized spacial score (nSPS) is 22.4. The van der Waals surface area contributed by atoms with Crippen LogP contribution in [0.25, 0.3) is 0 Å². The topological polar surface area (TPSA) is 78.1 Å². The molecule has 1 aliphatic rings. The predicted molar refractivity (Wildman–Crippen MR) is 83.1 cm³/mol. The highest BCUT2D eigenvalue weighted by Gasteiger charge is 2.37. The number of thiazole rings is 1. The second-order valence-corrected chi connectivity index (χ2v) is 6.60. The molecule has 10 heteroatoms. The molecule has 0 spiro atoms. The van der Waals surface area contributed by atoms with Crippen LogP contribution >= 0.6 is 22.9 Å². The van der Waals surface area contributed by atoms with Crippen LogP contribution in [0, 0.1) is 10.1 Å². The molecule has 0 saturated carbocycles. The molecule has 0 aliphatic carbocycles. The average Bonchev–Trinajstić information content (AvgIpc) is 2.81. The molecule has 2 rings (SSSR count). The van der Waals surface area contributed by atoms with Gasteiger partial charge in [-0.2, -0.15) is 0 Å². The zero-order chi connectivity index (χ0) is 15.7. The fraction of sp³-hybridized carbons (Fsp3) is 0.636. The molecule has 1 fully saturated rings. The molecule has 0 amide bonds. The van der Waals surface area contributed by atoms with Gasteiger partial charge in [-0.25, -0.2) is 15.1 Å². The van der Waals surface area contributed by atoms with Gasteiger partial charge in [-0.3, -0.25) is 9.80 Å². The van der Waals surface area contributed by atoms with Crippen molar-refractivity contribution in [3.63, 3.8) is 0 Å². The number of anilines is 1. The Morgan fingerprint density at radius 1 is 1.62 bits per heavy atom. The van der Waals surface area contributed by atoms with E-state index in [1.165, 1.54) is 11.3 Å². The Bertz CT molecular complexity index is 563. The van der Waals surface area contributed by atoms with Crippen molar-refractivity contribution in [3.8, 4) is 0 Å². The summed E-state index contributed by atoms with van der Waals surface area (Å²) in [6.45, 7) is 6.65. The molecule has 0 radical (unpaired) electrons. The third-order valence-corrected chi connectivity index (χ3v) is 4.61. The largest absolute Gasteiger partial charge is 0.325 e. The van der Waals surface area contributed by atoms with E-state index in [1.54, 1.807) is 23.0 Å². The van der Waals surface area contributed by atoms with Crippen molar-refractivity contribution in [1.29, 1.82) is 0 Å². The van der Waals surface area contributed by atoms with E-state index in [0.29, 0.717) is 11.1 Å². The summed E-state index contributed by atoms with van der Waals surface area (Å²) in [5.74, 6) is 0.282. The molecule has 1 aromatic heterocycles. The van der Waals surface area contributed by atoms with E-state index in [1.807, 2.05) is 6.92 Å². The summed E-state index contributed by atoms with van der Waals surface area (Å²) in [4.78, 5) is 20.6. The van der Waals surface area contributed by atoms with Crippen LogP contribution in [-0.2, 0) is 0 Å². The Morgan fingerprint density at radius 2 is 2.29 bits per heavy atom. The van der Waals surface area contributed by atoms with Gasteiger partial charge in [0.05, 0.1) is 19.0 Å². The molecular formula is C11H17ClN6O2S. The van der Waals surface area contributed by atoms with Crippen molar-refractivity contribution < 1.29 is 5.03 Å². The second-order valence-electron chi connectivity index (χ2n) is 5.01. The maximum absolute atomic E-state index is 10.8. The summed E-state index contributed by atoms with van der Waals surface area (Å²) in [6, 6.07) is 0.283. The fourth-order valence-electron chi connectivity index (χ4n) is 2.26. The van der Waals surface area contributed by atoms with Gasteiger partial charge >= 0.3 is 0 Å². The van der Waals surface area contributed by atoms with E-state index in [2.05, 4.69) is 28.8 Å². The molecule has 1 aromatic rings. The summed E-state index contributed by atoms with van der Waals surface area (Å²) >= 11 is 7.14. The number of guanidine groups is 1. The van der Waals surface area contributed by atoms with Crippen LogP contribution in [0.1, 0.15) is 20.8 Å². The van der Waals surface area contributed by atoms with Crippen LogP contribution in [0.5, 0.6) is 0 Å². The zero-order valence-electron chi connectivity index (χ0n) is 12.2. The fourth-order valence-corrected chi connectivity index (χ4v) is 3.17. The van der Waals surface area contributed by atoms with Gasteiger partial charge in [-0.05, 0) is 20.8 Å². The summed E-state index contributed by atoms with van der Waals surface area (Å²) in [6.07, 6.45) is 1.61. The third kappa shape index (κ3) is 3.25. The van der Waals surface area contributed by atoms with E-state index < -0.39 is 5.03 Å². The van der Waals surface area contributed by atoms with Crippen molar-refractivity contribution in [2.45, 2.75) is 33.0 Å². The van der Waals surface area contributed by atoms with E-state index in [4.69, 9.17) is 11.6 Å².